The maximum Gasteiger partial charge on any atom is 0.260 e. The van der Waals surface area contributed by atoms with Crippen LogP contribution in [-0.2, 0) is 0 Å². The Labute approximate surface area is 130 Å². The molecule has 2 aromatic carbocycles. The van der Waals surface area contributed by atoms with Crippen molar-refractivity contribution in [2.45, 2.75) is 6.92 Å². The summed E-state index contributed by atoms with van der Waals surface area (Å²) in [5.41, 5.74) is 9.45. The largest absolute Gasteiger partial charge is 0.398 e. The Hall–Kier alpha value is -1.89. The average molecular weight is 377 g/mol. The number of hydrogen-bond donors (Lipinski definition) is 1. The van der Waals surface area contributed by atoms with Crippen molar-refractivity contribution in [3.8, 4) is 22.8 Å². The summed E-state index contributed by atoms with van der Waals surface area (Å²) >= 11 is 2.23. The van der Waals surface area contributed by atoms with Gasteiger partial charge in [-0.05, 0) is 53.8 Å². The average Bonchev–Trinajstić information content (AvgIpc) is 2.91. The van der Waals surface area contributed by atoms with E-state index in [1.54, 1.807) is 0 Å². The highest BCUT2D eigenvalue weighted by Gasteiger charge is 2.13. The lowest BCUT2D eigenvalue weighted by atomic mass is 10.1. The molecule has 0 amide bonds. The molecule has 0 spiro atoms. The van der Waals surface area contributed by atoms with Crippen LogP contribution in [0.5, 0.6) is 0 Å². The van der Waals surface area contributed by atoms with Crippen molar-refractivity contribution in [1.82, 2.24) is 10.1 Å². The molecule has 0 aliphatic rings. The van der Waals surface area contributed by atoms with Gasteiger partial charge in [0, 0.05) is 14.8 Å². The fraction of sp³-hybridized carbons (Fsp3) is 0.0667. The Morgan fingerprint density at radius 1 is 1.15 bits per heavy atom. The number of aryl methyl sites for hydroxylation is 1. The van der Waals surface area contributed by atoms with Crippen LogP contribution in [0.2, 0.25) is 0 Å². The van der Waals surface area contributed by atoms with E-state index in [2.05, 4.69) is 32.7 Å². The van der Waals surface area contributed by atoms with Crippen LogP contribution in [0.3, 0.4) is 0 Å². The summed E-state index contributed by atoms with van der Waals surface area (Å²) in [4.78, 5) is 4.43. The highest BCUT2D eigenvalue weighted by Crippen LogP contribution is 2.28. The number of halogens is 1. The lowest BCUT2D eigenvalue weighted by Gasteiger charge is -2.00. The van der Waals surface area contributed by atoms with Gasteiger partial charge in [0.2, 0.25) is 5.82 Å². The van der Waals surface area contributed by atoms with Crippen molar-refractivity contribution in [3.63, 3.8) is 0 Å². The number of rotatable bonds is 2. The number of nitrogens with zero attached hydrogens (tertiary/aromatic N) is 2. The van der Waals surface area contributed by atoms with Gasteiger partial charge in [0.25, 0.3) is 5.89 Å². The van der Waals surface area contributed by atoms with E-state index in [1.165, 1.54) is 0 Å². The first-order valence-corrected chi connectivity index (χ1v) is 7.17. The summed E-state index contributed by atoms with van der Waals surface area (Å²) < 4.78 is 6.41. The van der Waals surface area contributed by atoms with Gasteiger partial charge in [-0.2, -0.15) is 4.98 Å². The zero-order chi connectivity index (χ0) is 14.1. The van der Waals surface area contributed by atoms with Crippen LogP contribution in [0.4, 0.5) is 5.69 Å². The van der Waals surface area contributed by atoms with Crippen LogP contribution in [0.1, 0.15) is 5.56 Å². The van der Waals surface area contributed by atoms with Crippen LogP contribution in [0.15, 0.2) is 47.0 Å². The summed E-state index contributed by atoms with van der Waals surface area (Å²) in [6, 6.07) is 13.7. The molecule has 2 N–H and O–H groups in total. The maximum absolute atomic E-state index is 5.96. The highest BCUT2D eigenvalue weighted by molar-refractivity contribution is 14.1. The Balaban J connectivity index is 2.04. The summed E-state index contributed by atoms with van der Waals surface area (Å²) in [5, 5.41) is 4.03. The first kappa shape index (κ1) is 13.1. The third-order valence-corrected chi connectivity index (χ3v) is 3.62. The molecule has 0 radical (unpaired) electrons. The number of hydrogen-bond acceptors (Lipinski definition) is 4. The van der Waals surface area contributed by atoms with E-state index < -0.39 is 0 Å². The SMILES string of the molecule is Cc1cccc(-c2noc(-c3cc(I)ccc3N)n2)c1. The molecule has 3 rings (SSSR count). The molecule has 4 nitrogen and oxygen atoms in total. The smallest absolute Gasteiger partial charge is 0.260 e. The maximum atomic E-state index is 5.96. The Bertz CT molecular complexity index is 767. The van der Waals surface area contributed by atoms with Gasteiger partial charge in [0.05, 0.1) is 5.56 Å². The molecular formula is C15H12IN3O. The Kier molecular flexibility index (Phi) is 3.43. The first-order chi connectivity index (χ1) is 9.63. The van der Waals surface area contributed by atoms with Gasteiger partial charge >= 0.3 is 0 Å². The van der Waals surface area contributed by atoms with E-state index in [0.29, 0.717) is 17.4 Å². The van der Waals surface area contributed by atoms with Crippen LogP contribution in [0, 0.1) is 10.5 Å². The second kappa shape index (κ2) is 5.24. The molecule has 0 aliphatic carbocycles. The number of benzene rings is 2. The van der Waals surface area contributed by atoms with Gasteiger partial charge in [-0.15, -0.1) is 0 Å². The zero-order valence-corrected chi connectivity index (χ0v) is 13.0. The van der Waals surface area contributed by atoms with E-state index >= 15 is 0 Å². The molecule has 0 saturated heterocycles. The molecule has 1 heterocycles. The second-order valence-corrected chi connectivity index (χ2v) is 5.77. The van der Waals surface area contributed by atoms with E-state index in [-0.39, 0.29) is 0 Å². The minimum atomic E-state index is 0.442. The summed E-state index contributed by atoms with van der Waals surface area (Å²) in [6.45, 7) is 2.03. The molecule has 0 saturated carbocycles. The number of aromatic nitrogens is 2. The van der Waals surface area contributed by atoms with Gasteiger partial charge < -0.3 is 10.3 Å². The summed E-state index contributed by atoms with van der Waals surface area (Å²) in [5.74, 6) is 1.01. The number of nitrogen functional groups attached to an aromatic ring is 1. The van der Waals surface area contributed by atoms with Crippen LogP contribution in [0.25, 0.3) is 22.8 Å². The molecular weight excluding hydrogens is 365 g/mol. The van der Waals surface area contributed by atoms with Crippen LogP contribution in [-0.4, -0.2) is 10.1 Å². The molecule has 5 heteroatoms. The molecule has 100 valence electrons. The van der Waals surface area contributed by atoms with Crippen LogP contribution < -0.4 is 5.73 Å². The minimum absolute atomic E-state index is 0.442. The van der Waals surface area contributed by atoms with Gasteiger partial charge in [0.15, 0.2) is 0 Å². The van der Waals surface area contributed by atoms with Gasteiger partial charge in [-0.1, -0.05) is 28.9 Å². The highest BCUT2D eigenvalue weighted by atomic mass is 127. The predicted molar refractivity (Wildman–Crippen MR) is 87.0 cm³/mol. The zero-order valence-electron chi connectivity index (χ0n) is 10.8. The normalized spacial score (nSPS) is 10.7. The molecule has 0 bridgehead atoms. The van der Waals surface area contributed by atoms with Crippen molar-refractivity contribution in [1.29, 1.82) is 0 Å². The molecule has 0 unspecified atom stereocenters. The Morgan fingerprint density at radius 3 is 2.80 bits per heavy atom. The Morgan fingerprint density at radius 2 is 2.00 bits per heavy atom. The number of anilines is 1. The second-order valence-electron chi connectivity index (χ2n) is 4.52. The number of nitrogens with two attached hydrogens (primary N) is 1. The molecule has 0 fully saturated rings. The van der Waals surface area contributed by atoms with Crippen LogP contribution >= 0.6 is 22.6 Å². The van der Waals surface area contributed by atoms with Crippen molar-refractivity contribution in [2.75, 3.05) is 5.73 Å². The standard InChI is InChI=1S/C15H12IN3O/c1-9-3-2-4-10(7-9)14-18-15(20-19-14)12-8-11(16)5-6-13(12)17/h2-8H,17H2,1H3. The lowest BCUT2D eigenvalue weighted by Crippen LogP contribution is -1.91. The van der Waals surface area contributed by atoms with E-state index in [1.807, 2.05) is 49.4 Å². The molecule has 20 heavy (non-hydrogen) atoms. The van der Waals surface area contributed by atoms with Crippen molar-refractivity contribution in [2.24, 2.45) is 0 Å². The molecule has 1 aromatic heterocycles. The van der Waals surface area contributed by atoms with Crippen molar-refractivity contribution < 1.29 is 4.52 Å². The summed E-state index contributed by atoms with van der Waals surface area (Å²) in [6.07, 6.45) is 0. The topological polar surface area (TPSA) is 64.9 Å². The summed E-state index contributed by atoms with van der Waals surface area (Å²) in [7, 11) is 0. The minimum Gasteiger partial charge on any atom is -0.398 e. The van der Waals surface area contributed by atoms with Gasteiger partial charge in [-0.3, -0.25) is 0 Å². The van der Waals surface area contributed by atoms with Crippen molar-refractivity contribution >= 4 is 28.3 Å². The third kappa shape index (κ3) is 2.53. The fourth-order valence-corrected chi connectivity index (χ4v) is 2.44. The lowest BCUT2D eigenvalue weighted by molar-refractivity contribution is 0.432. The molecule has 0 aliphatic heterocycles. The van der Waals surface area contributed by atoms with Crippen molar-refractivity contribution in [3.05, 3.63) is 51.6 Å². The molecule has 3 aromatic rings. The van der Waals surface area contributed by atoms with E-state index in [4.69, 9.17) is 10.3 Å². The predicted octanol–water partition coefficient (Wildman–Crippen LogP) is 3.90. The van der Waals surface area contributed by atoms with E-state index in [9.17, 15) is 0 Å². The van der Waals surface area contributed by atoms with Gasteiger partial charge in [-0.25, -0.2) is 0 Å². The first-order valence-electron chi connectivity index (χ1n) is 6.09. The monoisotopic (exact) mass is 377 g/mol. The third-order valence-electron chi connectivity index (χ3n) is 2.95. The molecule has 0 atom stereocenters. The van der Waals surface area contributed by atoms with E-state index in [0.717, 1.165) is 20.3 Å². The fourth-order valence-electron chi connectivity index (χ4n) is 1.95. The quantitative estimate of drug-likeness (QED) is 0.544. The van der Waals surface area contributed by atoms with Gasteiger partial charge in [0.1, 0.15) is 0 Å².